The van der Waals surface area contributed by atoms with Gasteiger partial charge in [-0.15, -0.1) is 0 Å². The first-order valence-electron chi connectivity index (χ1n) is 6.20. The third-order valence-electron chi connectivity index (χ3n) is 3.13. The van der Waals surface area contributed by atoms with Crippen LogP contribution in [0.5, 0.6) is 5.88 Å². The summed E-state index contributed by atoms with van der Waals surface area (Å²) >= 11 is 0. The van der Waals surface area contributed by atoms with E-state index in [2.05, 4.69) is 4.98 Å². The van der Waals surface area contributed by atoms with Crippen LogP contribution in [0, 0.1) is 0 Å². The maximum atomic E-state index is 5.94. The molecule has 3 rings (SSSR count). The summed E-state index contributed by atoms with van der Waals surface area (Å²) in [5, 5.41) is 2.14. The molecule has 0 saturated carbocycles. The Labute approximate surface area is 106 Å². The molecular formula is C14H16N2O2. The molecule has 4 nitrogen and oxygen atoms in total. The smallest absolute Gasteiger partial charge is 0.221 e. The highest BCUT2D eigenvalue weighted by Crippen LogP contribution is 2.26. The molecule has 1 atom stereocenters. The first-order chi connectivity index (χ1) is 8.86. The third kappa shape index (κ3) is 2.17. The van der Waals surface area contributed by atoms with Gasteiger partial charge in [0.2, 0.25) is 5.88 Å². The van der Waals surface area contributed by atoms with Crippen molar-refractivity contribution < 1.29 is 9.47 Å². The second-order valence-corrected chi connectivity index (χ2v) is 4.45. The lowest BCUT2D eigenvalue weighted by atomic mass is 10.1. The maximum Gasteiger partial charge on any atom is 0.221 e. The molecule has 0 spiro atoms. The first kappa shape index (κ1) is 11.4. The number of nitrogens with two attached hydrogens (primary N) is 1. The van der Waals surface area contributed by atoms with Crippen molar-refractivity contribution in [3.05, 3.63) is 36.0 Å². The van der Waals surface area contributed by atoms with Gasteiger partial charge in [-0.2, -0.15) is 0 Å². The predicted molar refractivity (Wildman–Crippen MR) is 69.5 cm³/mol. The topological polar surface area (TPSA) is 57.4 Å². The molecule has 0 radical (unpaired) electrons. The van der Waals surface area contributed by atoms with E-state index in [0.717, 1.165) is 29.5 Å². The van der Waals surface area contributed by atoms with Gasteiger partial charge in [-0.3, -0.25) is 0 Å². The normalized spacial score (nSPS) is 19.3. The van der Waals surface area contributed by atoms with Gasteiger partial charge in [0.1, 0.15) is 6.10 Å². The van der Waals surface area contributed by atoms with Crippen LogP contribution in [0.1, 0.15) is 12.1 Å². The minimum absolute atomic E-state index is 0.105. The second-order valence-electron chi connectivity index (χ2n) is 4.45. The molecule has 1 unspecified atom stereocenters. The Hall–Kier alpha value is -1.65. The fourth-order valence-electron chi connectivity index (χ4n) is 2.18. The van der Waals surface area contributed by atoms with Crippen LogP contribution in [0.4, 0.5) is 0 Å². The van der Waals surface area contributed by atoms with Gasteiger partial charge in [0.05, 0.1) is 18.9 Å². The zero-order valence-corrected chi connectivity index (χ0v) is 10.1. The lowest BCUT2D eigenvalue weighted by Gasteiger charge is -2.14. The van der Waals surface area contributed by atoms with E-state index in [0.29, 0.717) is 19.0 Å². The number of rotatable bonds is 3. The first-order valence-corrected chi connectivity index (χ1v) is 6.20. The summed E-state index contributed by atoms with van der Waals surface area (Å²) in [5.41, 5.74) is 6.52. The van der Waals surface area contributed by atoms with Gasteiger partial charge in [0.25, 0.3) is 0 Å². The number of nitrogens with zero attached hydrogens (tertiary/aromatic N) is 1. The summed E-state index contributed by atoms with van der Waals surface area (Å²) in [6.45, 7) is 1.82. The quantitative estimate of drug-likeness (QED) is 0.895. The number of hydrogen-bond acceptors (Lipinski definition) is 4. The average molecular weight is 244 g/mol. The Morgan fingerprint density at radius 1 is 1.39 bits per heavy atom. The summed E-state index contributed by atoms with van der Waals surface area (Å²) in [6.07, 6.45) is 1.02. The largest absolute Gasteiger partial charge is 0.471 e. The van der Waals surface area contributed by atoms with Crippen LogP contribution in [0.15, 0.2) is 30.3 Å². The number of aromatic nitrogens is 1. The fraction of sp³-hybridized carbons (Fsp3) is 0.357. The van der Waals surface area contributed by atoms with Crippen LogP contribution in [0.25, 0.3) is 10.8 Å². The number of fused-ring (bicyclic) bond motifs is 1. The lowest BCUT2D eigenvalue weighted by Crippen LogP contribution is -2.17. The molecule has 4 heteroatoms. The molecule has 2 heterocycles. The highest BCUT2D eigenvalue weighted by molar-refractivity contribution is 5.87. The van der Waals surface area contributed by atoms with Crippen molar-refractivity contribution in [1.82, 2.24) is 4.98 Å². The number of benzene rings is 1. The molecule has 1 saturated heterocycles. The molecule has 2 aromatic rings. The van der Waals surface area contributed by atoms with Crippen molar-refractivity contribution in [2.75, 3.05) is 13.2 Å². The zero-order chi connectivity index (χ0) is 12.4. The van der Waals surface area contributed by atoms with Crippen molar-refractivity contribution in [1.29, 1.82) is 0 Å². The zero-order valence-electron chi connectivity index (χ0n) is 10.1. The van der Waals surface area contributed by atoms with Gasteiger partial charge < -0.3 is 15.2 Å². The highest BCUT2D eigenvalue weighted by Gasteiger charge is 2.19. The monoisotopic (exact) mass is 244 g/mol. The number of ether oxygens (including phenoxy) is 2. The van der Waals surface area contributed by atoms with E-state index in [1.807, 2.05) is 30.3 Å². The van der Waals surface area contributed by atoms with Crippen LogP contribution in [-0.4, -0.2) is 24.3 Å². The Bertz CT molecular complexity index is 550. The van der Waals surface area contributed by atoms with Crippen molar-refractivity contribution in [3.63, 3.8) is 0 Å². The molecule has 18 heavy (non-hydrogen) atoms. The van der Waals surface area contributed by atoms with E-state index in [1.54, 1.807) is 0 Å². The van der Waals surface area contributed by atoms with E-state index >= 15 is 0 Å². The summed E-state index contributed by atoms with van der Waals surface area (Å²) in [6, 6.07) is 10.1. The third-order valence-corrected chi connectivity index (χ3v) is 3.13. The average Bonchev–Trinajstić information content (AvgIpc) is 2.91. The molecule has 94 valence electrons. The minimum atomic E-state index is 0.105. The molecule has 1 aromatic carbocycles. The summed E-state index contributed by atoms with van der Waals surface area (Å²) in [4.78, 5) is 4.48. The molecule has 1 aliphatic rings. The van der Waals surface area contributed by atoms with Crippen molar-refractivity contribution in [3.8, 4) is 5.88 Å². The molecule has 0 amide bonds. The maximum absolute atomic E-state index is 5.94. The summed E-state index contributed by atoms with van der Waals surface area (Å²) in [7, 11) is 0. The van der Waals surface area contributed by atoms with Gasteiger partial charge in [-0.05, 0) is 17.5 Å². The van der Waals surface area contributed by atoms with Crippen molar-refractivity contribution in [2.24, 2.45) is 5.73 Å². The minimum Gasteiger partial charge on any atom is -0.471 e. The van der Waals surface area contributed by atoms with E-state index in [1.165, 1.54) is 0 Å². The lowest BCUT2D eigenvalue weighted by molar-refractivity contribution is 0.139. The molecule has 0 aliphatic carbocycles. The molecule has 2 N–H and O–H groups in total. The fourth-order valence-corrected chi connectivity index (χ4v) is 2.18. The van der Waals surface area contributed by atoms with Gasteiger partial charge in [0.15, 0.2) is 0 Å². The molecule has 0 bridgehead atoms. The SMILES string of the molecule is NCc1cc2ccccc2c(OC2CCOC2)n1. The molecule has 1 aliphatic heterocycles. The Kier molecular flexibility index (Phi) is 3.13. The molecule has 1 aromatic heterocycles. The van der Waals surface area contributed by atoms with Crippen molar-refractivity contribution >= 4 is 10.8 Å². The molecule has 1 fully saturated rings. The van der Waals surface area contributed by atoms with Crippen molar-refractivity contribution in [2.45, 2.75) is 19.1 Å². The molecular weight excluding hydrogens is 228 g/mol. The van der Waals surface area contributed by atoms with Crippen LogP contribution in [-0.2, 0) is 11.3 Å². The number of pyridine rings is 1. The van der Waals surface area contributed by atoms with E-state index in [4.69, 9.17) is 15.2 Å². The van der Waals surface area contributed by atoms with Crippen LogP contribution >= 0.6 is 0 Å². The number of hydrogen-bond donors (Lipinski definition) is 1. The van der Waals surface area contributed by atoms with Gasteiger partial charge >= 0.3 is 0 Å². The van der Waals surface area contributed by atoms with Crippen LogP contribution in [0.2, 0.25) is 0 Å². The van der Waals surface area contributed by atoms with Gasteiger partial charge in [-0.25, -0.2) is 4.98 Å². The van der Waals surface area contributed by atoms with E-state index in [9.17, 15) is 0 Å². The Morgan fingerprint density at radius 3 is 3.06 bits per heavy atom. The predicted octanol–water partition coefficient (Wildman–Crippen LogP) is 1.86. The van der Waals surface area contributed by atoms with Gasteiger partial charge in [0, 0.05) is 18.4 Å². The summed E-state index contributed by atoms with van der Waals surface area (Å²) in [5.74, 6) is 0.670. The van der Waals surface area contributed by atoms with Crippen LogP contribution in [0.3, 0.4) is 0 Å². The van der Waals surface area contributed by atoms with Crippen LogP contribution < -0.4 is 10.5 Å². The summed E-state index contributed by atoms with van der Waals surface area (Å²) < 4.78 is 11.3. The van der Waals surface area contributed by atoms with E-state index in [-0.39, 0.29) is 6.10 Å². The highest BCUT2D eigenvalue weighted by atomic mass is 16.5. The van der Waals surface area contributed by atoms with E-state index < -0.39 is 0 Å². The standard InChI is InChI=1S/C14H16N2O2/c15-8-11-7-10-3-1-2-4-13(10)14(16-11)18-12-5-6-17-9-12/h1-4,7,12H,5-6,8-9,15H2. The Morgan fingerprint density at radius 2 is 2.28 bits per heavy atom. The van der Waals surface area contributed by atoms with Gasteiger partial charge in [-0.1, -0.05) is 18.2 Å². The Balaban J connectivity index is 2.01. The second kappa shape index (κ2) is 4.92.